The molecule has 3 heterocycles. The van der Waals surface area contributed by atoms with Crippen molar-refractivity contribution in [3.05, 3.63) is 35.8 Å². The summed E-state index contributed by atoms with van der Waals surface area (Å²) in [6, 6.07) is 9.94. The minimum atomic E-state index is -0.903. The van der Waals surface area contributed by atoms with Crippen LogP contribution in [0, 0.1) is 5.41 Å². The number of carboxylic acid groups (broad SMARTS) is 1. The highest BCUT2D eigenvalue weighted by atomic mass is 32.1. The fraction of sp³-hybridized carbons (Fsp3) is 0.474. The highest BCUT2D eigenvalue weighted by Crippen LogP contribution is 2.41. The topological polar surface area (TPSA) is 56.7 Å². The van der Waals surface area contributed by atoms with Crippen LogP contribution in [0.25, 0.3) is 10.4 Å². The van der Waals surface area contributed by atoms with E-state index in [4.69, 9.17) is 0 Å². The van der Waals surface area contributed by atoms with Crippen molar-refractivity contribution in [1.29, 1.82) is 0 Å². The van der Waals surface area contributed by atoms with Gasteiger partial charge in [0.2, 0.25) is 0 Å². The molecule has 1 aromatic carbocycles. The van der Waals surface area contributed by atoms with Crippen molar-refractivity contribution in [2.24, 2.45) is 5.41 Å². The molecular formula is C19H23N3O2S. The predicted molar refractivity (Wildman–Crippen MR) is 100 cm³/mol. The molecule has 2 bridgehead atoms. The van der Waals surface area contributed by atoms with Crippen molar-refractivity contribution in [3.63, 3.8) is 0 Å². The van der Waals surface area contributed by atoms with Gasteiger partial charge in [-0.1, -0.05) is 30.3 Å². The molecule has 1 amide bonds. The average molecular weight is 357 g/mol. The van der Waals surface area contributed by atoms with Crippen molar-refractivity contribution < 1.29 is 9.90 Å². The molecule has 25 heavy (non-hydrogen) atoms. The van der Waals surface area contributed by atoms with Crippen LogP contribution in [0.1, 0.15) is 25.7 Å². The molecule has 132 valence electrons. The minimum absolute atomic E-state index is 0.0759. The van der Waals surface area contributed by atoms with Gasteiger partial charge in [0.05, 0.1) is 10.4 Å². The van der Waals surface area contributed by atoms with Gasteiger partial charge in [-0.25, -0.2) is 9.78 Å². The number of hydrogen-bond donors (Lipinski definition) is 1. The average Bonchev–Trinajstić information content (AvgIpc) is 3.10. The fourth-order valence-corrected chi connectivity index (χ4v) is 5.18. The summed E-state index contributed by atoms with van der Waals surface area (Å²) >= 11 is 1.50. The van der Waals surface area contributed by atoms with Gasteiger partial charge >= 0.3 is 6.09 Å². The monoisotopic (exact) mass is 357 g/mol. The zero-order valence-corrected chi connectivity index (χ0v) is 15.0. The van der Waals surface area contributed by atoms with Crippen molar-refractivity contribution in [3.8, 4) is 10.4 Å². The number of amides is 1. The third kappa shape index (κ3) is 3.28. The SMILES string of the molecule is O=C(O)N(CC12CCCN(CCC1)C2)c1ncsc1-c1ccccc1. The Kier molecular flexibility index (Phi) is 4.48. The Hall–Kier alpha value is -1.92. The Labute approximate surface area is 151 Å². The third-order valence-electron chi connectivity index (χ3n) is 5.49. The molecule has 2 fully saturated rings. The summed E-state index contributed by atoms with van der Waals surface area (Å²) in [6.07, 6.45) is 3.64. The zero-order chi connectivity index (χ0) is 17.3. The van der Waals surface area contributed by atoms with Gasteiger partial charge in [-0.2, -0.15) is 0 Å². The molecule has 0 aliphatic carbocycles. The lowest BCUT2D eigenvalue weighted by Gasteiger charge is -2.48. The molecule has 1 aromatic heterocycles. The maximum atomic E-state index is 12.1. The van der Waals surface area contributed by atoms with Gasteiger partial charge in [0.15, 0.2) is 5.82 Å². The third-order valence-corrected chi connectivity index (χ3v) is 6.35. The Morgan fingerprint density at radius 1 is 1.24 bits per heavy atom. The van der Waals surface area contributed by atoms with E-state index in [1.165, 1.54) is 16.2 Å². The first-order chi connectivity index (χ1) is 12.2. The second-order valence-electron chi connectivity index (χ2n) is 7.22. The van der Waals surface area contributed by atoms with E-state index in [0.717, 1.165) is 55.8 Å². The van der Waals surface area contributed by atoms with Gasteiger partial charge in [-0.15, -0.1) is 11.3 Å². The van der Waals surface area contributed by atoms with Crippen LogP contribution in [0.2, 0.25) is 0 Å². The van der Waals surface area contributed by atoms with Crippen LogP contribution in [-0.2, 0) is 0 Å². The molecule has 2 aliphatic heterocycles. The fourth-order valence-electron chi connectivity index (χ4n) is 4.38. The highest BCUT2D eigenvalue weighted by molar-refractivity contribution is 7.13. The van der Waals surface area contributed by atoms with Gasteiger partial charge < -0.3 is 10.0 Å². The number of carbonyl (C=O) groups is 1. The maximum Gasteiger partial charge on any atom is 0.413 e. The van der Waals surface area contributed by atoms with E-state index in [2.05, 4.69) is 9.88 Å². The number of rotatable bonds is 4. The number of piperidine rings is 2. The molecule has 2 aliphatic rings. The first kappa shape index (κ1) is 16.5. The van der Waals surface area contributed by atoms with E-state index in [-0.39, 0.29) is 5.41 Å². The second-order valence-corrected chi connectivity index (χ2v) is 8.08. The predicted octanol–water partition coefficient (Wildman–Crippen LogP) is 4.17. The van der Waals surface area contributed by atoms with Gasteiger partial charge in [0, 0.05) is 18.5 Å². The van der Waals surface area contributed by atoms with E-state index in [0.29, 0.717) is 12.4 Å². The standard InChI is InChI=1S/C19H23N3O2S/c23-18(24)22(13-19-8-4-10-21(12-19)11-5-9-19)17-16(25-14-20-17)15-6-2-1-3-7-15/h1-3,6-7,14H,4-5,8-13H2,(H,23,24). The molecule has 5 nitrogen and oxygen atoms in total. The summed E-state index contributed by atoms with van der Waals surface area (Å²) in [5, 5.41) is 9.92. The first-order valence-corrected chi connectivity index (χ1v) is 9.77. The highest BCUT2D eigenvalue weighted by Gasteiger charge is 2.41. The summed E-state index contributed by atoms with van der Waals surface area (Å²) in [4.78, 5) is 21.4. The number of aromatic nitrogens is 1. The summed E-state index contributed by atoms with van der Waals surface area (Å²) < 4.78 is 0. The van der Waals surface area contributed by atoms with Crippen LogP contribution in [0.4, 0.5) is 10.6 Å². The van der Waals surface area contributed by atoms with Crippen LogP contribution < -0.4 is 4.90 Å². The van der Waals surface area contributed by atoms with E-state index < -0.39 is 6.09 Å². The zero-order valence-electron chi connectivity index (χ0n) is 14.2. The molecule has 0 unspecified atom stereocenters. The van der Waals surface area contributed by atoms with Crippen molar-refractivity contribution in [2.75, 3.05) is 31.1 Å². The molecule has 0 spiro atoms. The number of hydrogen-bond acceptors (Lipinski definition) is 4. The van der Waals surface area contributed by atoms with E-state index in [9.17, 15) is 9.90 Å². The Morgan fingerprint density at radius 3 is 2.64 bits per heavy atom. The number of fused-ring (bicyclic) bond motifs is 2. The molecule has 0 radical (unpaired) electrons. The molecule has 6 heteroatoms. The van der Waals surface area contributed by atoms with Crippen LogP contribution in [0.5, 0.6) is 0 Å². The Balaban J connectivity index is 1.65. The summed E-state index contributed by atoms with van der Waals surface area (Å²) in [5.74, 6) is 0.584. The van der Waals surface area contributed by atoms with Crippen LogP contribution in [0.15, 0.2) is 35.8 Å². The smallest absolute Gasteiger partial charge is 0.413 e. The van der Waals surface area contributed by atoms with Crippen LogP contribution in [-0.4, -0.2) is 47.3 Å². The first-order valence-electron chi connectivity index (χ1n) is 8.89. The van der Waals surface area contributed by atoms with E-state index in [1.807, 2.05) is 30.3 Å². The molecule has 2 saturated heterocycles. The van der Waals surface area contributed by atoms with Crippen molar-refractivity contribution in [2.45, 2.75) is 25.7 Å². The number of benzene rings is 1. The van der Waals surface area contributed by atoms with Crippen molar-refractivity contribution >= 4 is 23.2 Å². The van der Waals surface area contributed by atoms with Crippen LogP contribution in [0.3, 0.4) is 0 Å². The molecule has 1 N–H and O–H groups in total. The Bertz CT molecular complexity index is 736. The van der Waals surface area contributed by atoms with E-state index in [1.54, 1.807) is 5.51 Å². The van der Waals surface area contributed by atoms with Gasteiger partial charge in [0.25, 0.3) is 0 Å². The summed E-state index contributed by atoms with van der Waals surface area (Å²) in [7, 11) is 0. The van der Waals surface area contributed by atoms with E-state index >= 15 is 0 Å². The van der Waals surface area contributed by atoms with Crippen LogP contribution >= 0.6 is 11.3 Å². The lowest BCUT2D eigenvalue weighted by Crippen LogP contribution is -2.53. The summed E-state index contributed by atoms with van der Waals surface area (Å²) in [5.41, 5.74) is 2.85. The molecular weight excluding hydrogens is 334 g/mol. The molecule has 2 aromatic rings. The largest absolute Gasteiger partial charge is 0.465 e. The van der Waals surface area contributed by atoms with Gasteiger partial charge in [-0.3, -0.25) is 4.90 Å². The molecule has 4 rings (SSSR count). The lowest BCUT2D eigenvalue weighted by atomic mass is 9.73. The normalized spacial score (nSPS) is 25.5. The quantitative estimate of drug-likeness (QED) is 0.892. The van der Waals surface area contributed by atoms with Gasteiger partial charge in [0.1, 0.15) is 0 Å². The number of thiazole rings is 1. The number of nitrogens with zero attached hydrogens (tertiary/aromatic N) is 3. The maximum absolute atomic E-state index is 12.1. The Morgan fingerprint density at radius 2 is 1.96 bits per heavy atom. The number of anilines is 1. The van der Waals surface area contributed by atoms with Crippen molar-refractivity contribution in [1.82, 2.24) is 9.88 Å². The lowest BCUT2D eigenvalue weighted by molar-refractivity contribution is 0.0431. The molecule has 0 atom stereocenters. The summed E-state index contributed by atoms with van der Waals surface area (Å²) in [6.45, 7) is 3.87. The minimum Gasteiger partial charge on any atom is -0.465 e. The second kappa shape index (κ2) is 6.77. The molecule has 0 saturated carbocycles. The van der Waals surface area contributed by atoms with Gasteiger partial charge in [-0.05, 0) is 44.3 Å².